The van der Waals surface area contributed by atoms with E-state index in [9.17, 15) is 19.8 Å². The van der Waals surface area contributed by atoms with Gasteiger partial charge in [0.1, 0.15) is 72.4 Å². The fourth-order valence-electron chi connectivity index (χ4n) is 8.80. The van der Waals surface area contributed by atoms with Crippen molar-refractivity contribution >= 4 is 96.5 Å². The molecule has 0 aliphatic carbocycles. The third-order valence-electron chi connectivity index (χ3n) is 14.4. The van der Waals surface area contributed by atoms with Crippen molar-refractivity contribution in [2.24, 2.45) is 0 Å². The van der Waals surface area contributed by atoms with Gasteiger partial charge in [0.25, 0.3) is 29.4 Å². The van der Waals surface area contributed by atoms with Crippen LogP contribution in [0.5, 0.6) is 29.4 Å². The molecule has 115 heavy (non-hydrogen) atoms. The van der Waals surface area contributed by atoms with Gasteiger partial charge >= 0.3 is 67.9 Å². The zero-order chi connectivity index (χ0) is 81.2. The van der Waals surface area contributed by atoms with E-state index < -0.39 is 24.6 Å². The first-order valence-electron chi connectivity index (χ1n) is 33.6. The SMILES string of the molecule is BrBr.C1CCOC1.C=C[C@@H](O)c1onc(OCc2ccccc2)c1Br.CO.C[C@H]([C@@H]([O-])c1ccccc1)N1CCOCC1.O=C(CO)c1cc(OCc2ccccc2)no1.O=Cc1onc(OCc2ccccc2)c1Br.OCc1cc(OCc2ccccc2)no1.OCc1onc(OCc2ccccc2)c1Br.[B].[CH-]=C.[CH-]=C.[H-].[Li+].[Na+].[Zn+2]. The summed E-state index contributed by atoms with van der Waals surface area (Å²) in [6.45, 7) is 25.7. The fourth-order valence-corrected chi connectivity index (χ4v) is 10.0. The summed E-state index contributed by atoms with van der Waals surface area (Å²) >= 11 is 15.2. The smallest absolute Gasteiger partial charge is 1.00 e. The van der Waals surface area contributed by atoms with Crippen molar-refractivity contribution in [3.05, 3.63) is 309 Å². The maximum atomic E-state index is 12.2. The van der Waals surface area contributed by atoms with E-state index in [1.165, 1.54) is 25.0 Å². The zero-order valence-corrected chi connectivity index (χ0v) is 77.1. The number of hydrogen-bond donors (Lipinski definition) is 5. The Kier molecular flexibility index (Phi) is 66.4. The Morgan fingerprint density at radius 1 is 0.557 bits per heavy atom. The molecule has 5 aromatic heterocycles. The third-order valence-corrected chi connectivity index (χ3v) is 16.6. The number of Topliss-reactive ketones (excluding diaryl/α,β-unsaturated/α-hetero) is 1. The van der Waals surface area contributed by atoms with E-state index in [2.05, 4.69) is 140 Å². The molecule has 2 aliphatic rings. The van der Waals surface area contributed by atoms with Crippen LogP contribution in [0.2, 0.25) is 0 Å². The van der Waals surface area contributed by atoms with Crippen LogP contribution in [0.25, 0.3) is 0 Å². The summed E-state index contributed by atoms with van der Waals surface area (Å²) in [5.41, 5.74) is 6.02. The van der Waals surface area contributed by atoms with Crippen LogP contribution < -0.4 is 77.2 Å². The minimum absolute atomic E-state index is 0. The molecule has 0 unspecified atom stereocenters. The molecule has 2 aliphatic heterocycles. The van der Waals surface area contributed by atoms with Gasteiger partial charge in [0.05, 0.1) is 19.3 Å². The van der Waals surface area contributed by atoms with Crippen LogP contribution in [0, 0.1) is 13.2 Å². The number of aromatic nitrogens is 5. The van der Waals surface area contributed by atoms with Gasteiger partial charge in [-0.05, 0) is 120 Å². The van der Waals surface area contributed by atoms with E-state index in [-0.39, 0.29) is 126 Å². The quantitative estimate of drug-likeness (QED) is 0.0117. The Morgan fingerprint density at radius 3 is 1.30 bits per heavy atom. The number of morpholine rings is 1. The van der Waals surface area contributed by atoms with E-state index in [0.29, 0.717) is 81.9 Å². The maximum absolute atomic E-state index is 12.2. The van der Waals surface area contributed by atoms with Crippen LogP contribution >= 0.6 is 76.0 Å². The molecular weight excluding hydrogens is 1870 g/mol. The molecule has 3 atom stereocenters. The number of hydrogen-bond acceptors (Lipinski definition) is 26. The Bertz CT molecular complexity index is 4190. The Balaban J connectivity index is -0.00000127. The Hall–Kier alpha value is -6.74. The van der Waals surface area contributed by atoms with E-state index in [0.717, 1.165) is 80.0 Å². The second-order valence-corrected chi connectivity index (χ2v) is 24.2. The summed E-state index contributed by atoms with van der Waals surface area (Å²) in [7, 11) is 1.00. The average Bonchev–Trinajstić information content (AvgIpc) is 0.989. The van der Waals surface area contributed by atoms with Gasteiger partial charge in [0.15, 0.2) is 23.6 Å². The predicted octanol–water partition coefficient (Wildman–Crippen LogP) is 9.60. The van der Waals surface area contributed by atoms with Crippen LogP contribution in [0.3, 0.4) is 0 Å². The van der Waals surface area contributed by atoms with Crippen molar-refractivity contribution in [2.45, 2.75) is 84.3 Å². The first-order chi connectivity index (χ1) is 54.3. The van der Waals surface area contributed by atoms with Crippen LogP contribution in [0.15, 0.2) is 256 Å². The number of ether oxygens (including phenoxy) is 7. The molecule has 13 rings (SSSR count). The third kappa shape index (κ3) is 43.0. The van der Waals surface area contributed by atoms with Gasteiger partial charge in [-0.1, -0.05) is 207 Å². The standard InChI is InChI=1S/C13H12BrNO3.C13H18NO2.C12H11NO4.C11H10BrNO3.C11H8BrNO3.C11H11NO3.C4H8O.2C2H3.CH4O.B.Br2.Li.Na.Zn.H/c1-2-10(16)12-11(14)13(15-18-12)17-8-9-6-4-3-5-7-9;1-11(14-7-9-16-10-8-14)13(15)12-5-3-2-4-6-12;14-7-10(15)11-6-12(13-17-11)16-8-9-4-2-1-3-5-9;2*12-10-9(6-14)16-13-11(10)15-7-8-4-2-1-3-5-8;13-7-10-6-11(12-15-10)14-8-9-4-2-1-3-5-9;1-2-4-5-3-1;3*1-2;;1-2;;;;/h2-7,10,16H,1,8H2;2-6,11,13H,7-10H2,1H3;1-6,14H,7-8H2;1-5,14H,6-7H2;1-6H,7H2;1-6,13H,7-8H2;1-4H2;2*1H,2H2;2H,1H3;;;;;;/q;-1;;;;;;2*-1;;;;2*+1;+2;-1/t10-;11-,13-;;;;;;;;;;;;;;/m11............../s1. The van der Waals surface area contributed by atoms with Gasteiger partial charge in [0.2, 0.25) is 17.3 Å². The Morgan fingerprint density at radius 2 is 0.930 bits per heavy atom. The van der Waals surface area contributed by atoms with Gasteiger partial charge in [-0.3, -0.25) is 27.6 Å². The largest absolute Gasteiger partial charge is 2.00 e. The number of rotatable bonds is 25. The summed E-state index contributed by atoms with van der Waals surface area (Å²) < 4.78 is 62.9. The normalized spacial score (nSPS) is 11.8. The van der Waals surface area contributed by atoms with Crippen molar-refractivity contribution in [2.75, 3.05) is 53.2 Å². The van der Waals surface area contributed by atoms with Crippen molar-refractivity contribution in [1.29, 1.82) is 0 Å². The average molecular weight is 1960 g/mol. The van der Waals surface area contributed by atoms with E-state index in [1.54, 1.807) is 6.07 Å². The number of aldehydes is 1. The minimum Gasteiger partial charge on any atom is -1.00 e. The number of ketones is 1. The maximum Gasteiger partial charge on any atom is 2.00 e. The molecule has 2 saturated heterocycles. The molecule has 2 fully saturated rings. The summed E-state index contributed by atoms with van der Waals surface area (Å²) in [6, 6.07) is 61.0. The molecule has 601 valence electrons. The molecule has 3 radical (unpaired) electrons. The molecule has 7 heterocycles. The van der Waals surface area contributed by atoms with Crippen molar-refractivity contribution in [1.82, 2.24) is 30.7 Å². The summed E-state index contributed by atoms with van der Waals surface area (Å²) in [6.07, 6.45) is 2.92. The number of aliphatic hydroxyl groups excluding tert-OH is 5. The molecule has 0 saturated carbocycles. The summed E-state index contributed by atoms with van der Waals surface area (Å²) in [5, 5.41) is 73.4. The second kappa shape index (κ2) is 69.2. The Labute approximate surface area is 760 Å². The molecule has 5 N–H and O–H groups in total. The first-order valence-corrected chi connectivity index (χ1v) is 39.7. The zero-order valence-electron chi connectivity index (χ0n) is 65.2. The van der Waals surface area contributed by atoms with Crippen molar-refractivity contribution in [3.63, 3.8) is 0 Å². The van der Waals surface area contributed by atoms with E-state index in [1.807, 2.05) is 189 Å². The number of aliphatic hydroxyl groups is 5. The van der Waals surface area contributed by atoms with Crippen molar-refractivity contribution in [3.8, 4) is 29.4 Å². The molecule has 0 spiro atoms. The van der Waals surface area contributed by atoms with Crippen LogP contribution in [0.1, 0.15) is 105 Å². The molecule has 0 amide bonds. The minimum atomic E-state index is -0.902. The molecule has 11 aromatic rings. The fraction of sp³-hybridized carbons (Fsp3) is 0.263. The second-order valence-electron chi connectivity index (χ2n) is 21.8. The number of benzene rings is 6. The summed E-state index contributed by atoms with van der Waals surface area (Å²) in [5.74, 6) is 2.22. The number of halogens is 5. The van der Waals surface area contributed by atoms with Gasteiger partial charge in [-0.15, -0.1) is 6.58 Å². The molecule has 26 nitrogen and oxygen atoms in total. The topological polar surface area (TPSA) is 356 Å². The van der Waals surface area contributed by atoms with Gasteiger partial charge in [-0.2, -0.15) is 0 Å². The molecule has 6 aromatic carbocycles. The van der Waals surface area contributed by atoms with Crippen LogP contribution in [-0.2, 0) is 75.2 Å². The number of nitrogens with zero attached hydrogens (tertiary/aromatic N) is 6. The van der Waals surface area contributed by atoms with Crippen LogP contribution in [0.4, 0.5) is 0 Å². The van der Waals surface area contributed by atoms with Gasteiger partial charge in [0, 0.05) is 76.1 Å². The molecular formula is C80H89BBr5LiN6NaO20Zn. The summed E-state index contributed by atoms with van der Waals surface area (Å²) in [4.78, 5) is 23.8. The van der Waals surface area contributed by atoms with Crippen LogP contribution in [-0.4, -0.2) is 136 Å². The molecule has 35 heteroatoms. The monoisotopic (exact) mass is 1950 g/mol. The van der Waals surface area contributed by atoms with Gasteiger partial charge in [-0.25, -0.2) is 0 Å². The van der Waals surface area contributed by atoms with E-state index in [4.69, 9.17) is 76.2 Å². The number of carbonyl (C=O) groups excluding carboxylic acids is 2. The van der Waals surface area contributed by atoms with Crippen molar-refractivity contribution < 1.29 is 165 Å². The predicted molar refractivity (Wildman–Crippen MR) is 437 cm³/mol. The van der Waals surface area contributed by atoms with E-state index >= 15 is 0 Å². The molecule has 0 bridgehead atoms. The number of carbonyl (C=O) groups is 2. The van der Waals surface area contributed by atoms with Gasteiger partial charge < -0.3 is 101 Å². The first kappa shape index (κ1) is 110.